The lowest BCUT2D eigenvalue weighted by Gasteiger charge is -2.50. The van der Waals surface area contributed by atoms with Gasteiger partial charge in [-0.05, 0) is 38.0 Å². The van der Waals surface area contributed by atoms with Crippen molar-refractivity contribution in [2.24, 2.45) is 11.3 Å². The van der Waals surface area contributed by atoms with E-state index in [0.717, 1.165) is 12.3 Å². The highest BCUT2D eigenvalue weighted by atomic mass is 16.3. The van der Waals surface area contributed by atoms with Gasteiger partial charge < -0.3 is 15.7 Å². The number of hydrogen-bond donors (Lipinski definition) is 3. The van der Waals surface area contributed by atoms with E-state index in [1.807, 2.05) is 13.8 Å². The van der Waals surface area contributed by atoms with Gasteiger partial charge in [0.25, 0.3) is 0 Å². The fourth-order valence-corrected chi connectivity index (χ4v) is 4.12. The molecule has 0 bridgehead atoms. The van der Waals surface area contributed by atoms with Gasteiger partial charge in [0, 0.05) is 17.5 Å². The highest BCUT2D eigenvalue weighted by Gasteiger charge is 2.48. The summed E-state index contributed by atoms with van der Waals surface area (Å²) in [6, 6.07) is 0.645. The maximum atomic E-state index is 12.4. The zero-order valence-electron chi connectivity index (χ0n) is 12.7. The molecule has 2 saturated carbocycles. The minimum atomic E-state index is -0.283. The Morgan fingerprint density at radius 3 is 2.65 bits per heavy atom. The van der Waals surface area contributed by atoms with E-state index in [-0.39, 0.29) is 29.5 Å². The van der Waals surface area contributed by atoms with E-state index in [9.17, 15) is 9.90 Å². The number of hydrogen-bond acceptors (Lipinski definition) is 3. The first-order valence-electron chi connectivity index (χ1n) is 8.23. The largest absolute Gasteiger partial charge is 0.392 e. The van der Waals surface area contributed by atoms with E-state index in [4.69, 9.17) is 0 Å². The van der Waals surface area contributed by atoms with E-state index < -0.39 is 0 Å². The Kier molecular flexibility index (Phi) is 3.80. The third kappa shape index (κ3) is 2.48. The van der Waals surface area contributed by atoms with Crippen LogP contribution in [-0.2, 0) is 4.79 Å². The van der Waals surface area contributed by atoms with Crippen LogP contribution in [0.5, 0.6) is 0 Å². The fraction of sp³-hybridized carbons (Fsp3) is 0.938. The summed E-state index contributed by atoms with van der Waals surface area (Å²) in [6.45, 7) is 4.05. The van der Waals surface area contributed by atoms with Crippen molar-refractivity contribution in [3.05, 3.63) is 0 Å². The van der Waals surface area contributed by atoms with Crippen LogP contribution in [-0.4, -0.2) is 35.2 Å². The summed E-state index contributed by atoms with van der Waals surface area (Å²) < 4.78 is 0. The molecule has 4 nitrogen and oxygen atoms in total. The van der Waals surface area contributed by atoms with Crippen molar-refractivity contribution in [3.63, 3.8) is 0 Å². The predicted molar refractivity (Wildman–Crippen MR) is 78.2 cm³/mol. The molecule has 3 N–H and O–H groups in total. The summed E-state index contributed by atoms with van der Waals surface area (Å²) in [7, 11) is 0. The highest BCUT2D eigenvalue weighted by molar-refractivity contribution is 5.82. The van der Waals surface area contributed by atoms with Crippen LogP contribution >= 0.6 is 0 Å². The fourth-order valence-electron chi connectivity index (χ4n) is 4.12. The number of nitrogens with one attached hydrogen (secondary N) is 2. The van der Waals surface area contributed by atoms with Crippen molar-refractivity contribution in [2.75, 3.05) is 0 Å². The van der Waals surface area contributed by atoms with Crippen molar-refractivity contribution >= 4 is 5.91 Å². The molecule has 2 aliphatic carbocycles. The maximum absolute atomic E-state index is 12.4. The second-order valence-corrected chi connectivity index (χ2v) is 7.58. The molecular formula is C16H28N2O2. The minimum Gasteiger partial charge on any atom is -0.392 e. The first-order valence-corrected chi connectivity index (χ1v) is 8.23. The van der Waals surface area contributed by atoms with Crippen LogP contribution in [0.25, 0.3) is 0 Å². The Morgan fingerprint density at radius 2 is 1.95 bits per heavy atom. The van der Waals surface area contributed by atoms with E-state index in [1.165, 1.54) is 32.1 Å². The Balaban J connectivity index is 1.53. The summed E-state index contributed by atoms with van der Waals surface area (Å²) in [4.78, 5) is 12.4. The first kappa shape index (κ1) is 14.3. The number of carbonyl (C=O) groups excluding carboxylic acids is 1. The molecule has 5 atom stereocenters. The smallest absolute Gasteiger partial charge is 0.237 e. The van der Waals surface area contributed by atoms with E-state index in [0.29, 0.717) is 12.5 Å². The monoisotopic (exact) mass is 280 g/mol. The molecule has 0 aromatic rings. The number of aliphatic hydroxyl groups is 1. The molecule has 0 spiro atoms. The van der Waals surface area contributed by atoms with E-state index >= 15 is 0 Å². The molecule has 4 heteroatoms. The molecule has 1 saturated heterocycles. The van der Waals surface area contributed by atoms with Gasteiger partial charge in [-0.25, -0.2) is 0 Å². The molecule has 3 aliphatic rings. The summed E-state index contributed by atoms with van der Waals surface area (Å²) in [5.74, 6) is 0.925. The van der Waals surface area contributed by atoms with Gasteiger partial charge in [0.15, 0.2) is 0 Å². The van der Waals surface area contributed by atoms with Crippen molar-refractivity contribution < 1.29 is 9.90 Å². The molecule has 1 aliphatic heterocycles. The normalized spacial score (nSPS) is 43.2. The van der Waals surface area contributed by atoms with E-state index in [2.05, 4.69) is 10.6 Å². The molecule has 0 radical (unpaired) electrons. The van der Waals surface area contributed by atoms with Gasteiger partial charge >= 0.3 is 0 Å². The molecule has 0 aromatic carbocycles. The van der Waals surface area contributed by atoms with Crippen molar-refractivity contribution in [1.82, 2.24) is 10.6 Å². The minimum absolute atomic E-state index is 0.0251. The Hall–Kier alpha value is -0.610. The van der Waals surface area contributed by atoms with Gasteiger partial charge in [0.05, 0.1) is 12.1 Å². The van der Waals surface area contributed by atoms with Crippen LogP contribution in [0.1, 0.15) is 58.8 Å². The lowest BCUT2D eigenvalue weighted by Crippen LogP contribution is -2.64. The van der Waals surface area contributed by atoms with Crippen LogP contribution in [0.3, 0.4) is 0 Å². The number of piperidine rings is 1. The molecule has 114 valence electrons. The second-order valence-electron chi connectivity index (χ2n) is 7.58. The molecule has 3 fully saturated rings. The molecule has 0 aromatic heterocycles. The SMILES string of the molecule is CC1(C)C(O)CC1NC(=O)C1CCC2CCCCC2N1. The number of rotatable bonds is 2. The average molecular weight is 280 g/mol. The Labute approximate surface area is 121 Å². The summed E-state index contributed by atoms with van der Waals surface area (Å²) in [5.41, 5.74) is -0.183. The summed E-state index contributed by atoms with van der Waals surface area (Å²) in [6.07, 6.45) is 7.76. The first-order chi connectivity index (χ1) is 9.48. The number of carbonyl (C=O) groups is 1. The van der Waals surface area contributed by atoms with Crippen LogP contribution in [0.4, 0.5) is 0 Å². The van der Waals surface area contributed by atoms with Crippen molar-refractivity contribution in [2.45, 2.75) is 83.0 Å². The predicted octanol–water partition coefficient (Wildman–Crippen LogP) is 1.57. The number of fused-ring (bicyclic) bond motifs is 1. The van der Waals surface area contributed by atoms with Crippen LogP contribution < -0.4 is 10.6 Å². The summed E-state index contributed by atoms with van der Waals surface area (Å²) in [5, 5.41) is 16.5. The zero-order chi connectivity index (χ0) is 14.3. The molecule has 5 unspecified atom stereocenters. The summed E-state index contributed by atoms with van der Waals surface area (Å²) >= 11 is 0. The van der Waals surface area contributed by atoms with E-state index in [1.54, 1.807) is 0 Å². The van der Waals surface area contributed by atoms with Crippen LogP contribution in [0, 0.1) is 11.3 Å². The Bertz CT molecular complexity index is 383. The number of amides is 1. The van der Waals surface area contributed by atoms with Gasteiger partial charge in [0.1, 0.15) is 0 Å². The molecule has 1 amide bonds. The number of aliphatic hydroxyl groups excluding tert-OH is 1. The third-order valence-corrected chi connectivity index (χ3v) is 6.00. The molecule has 1 heterocycles. The molecular weight excluding hydrogens is 252 g/mol. The van der Waals surface area contributed by atoms with Crippen molar-refractivity contribution in [1.29, 1.82) is 0 Å². The standard InChI is InChI=1S/C16H28N2O2/c1-16(2)13(9-14(16)19)18-15(20)12-8-7-10-5-3-4-6-11(10)17-12/h10-14,17,19H,3-9H2,1-2H3,(H,18,20). The van der Waals surface area contributed by atoms with Crippen LogP contribution in [0.15, 0.2) is 0 Å². The quantitative estimate of drug-likeness (QED) is 0.719. The second kappa shape index (κ2) is 5.30. The van der Waals surface area contributed by atoms with Gasteiger partial charge in [0.2, 0.25) is 5.91 Å². The maximum Gasteiger partial charge on any atom is 0.237 e. The zero-order valence-corrected chi connectivity index (χ0v) is 12.7. The van der Waals surface area contributed by atoms with Crippen molar-refractivity contribution in [3.8, 4) is 0 Å². The van der Waals surface area contributed by atoms with Gasteiger partial charge in [-0.1, -0.05) is 26.7 Å². The lowest BCUT2D eigenvalue weighted by molar-refractivity contribution is -0.132. The topological polar surface area (TPSA) is 61.4 Å². The highest BCUT2D eigenvalue weighted by Crippen LogP contribution is 2.40. The third-order valence-electron chi connectivity index (χ3n) is 6.00. The van der Waals surface area contributed by atoms with Crippen LogP contribution in [0.2, 0.25) is 0 Å². The average Bonchev–Trinajstić information content (AvgIpc) is 2.46. The molecule has 20 heavy (non-hydrogen) atoms. The van der Waals surface area contributed by atoms with Gasteiger partial charge in [-0.3, -0.25) is 4.79 Å². The van der Waals surface area contributed by atoms with Gasteiger partial charge in [-0.2, -0.15) is 0 Å². The van der Waals surface area contributed by atoms with Gasteiger partial charge in [-0.15, -0.1) is 0 Å². The molecule has 3 rings (SSSR count). The lowest BCUT2D eigenvalue weighted by atomic mass is 9.64. The Morgan fingerprint density at radius 1 is 1.20 bits per heavy atom.